The fraction of sp³-hybridized carbons (Fsp3) is 0.250. The Bertz CT molecular complexity index is 591. The summed E-state index contributed by atoms with van der Waals surface area (Å²) in [6.45, 7) is 0.879. The number of pyridine rings is 1. The Balaban J connectivity index is 1.91. The molecular weight excluding hydrogens is 264 g/mol. The molecule has 1 aromatic carbocycles. The van der Waals surface area contributed by atoms with E-state index in [4.69, 9.17) is 5.73 Å². The first-order valence-electron chi connectivity index (χ1n) is 6.77. The van der Waals surface area contributed by atoms with Crippen molar-refractivity contribution < 1.29 is 4.79 Å². The zero-order valence-electron chi connectivity index (χ0n) is 12.3. The number of benzene rings is 1. The lowest BCUT2D eigenvalue weighted by Gasteiger charge is -2.10. The van der Waals surface area contributed by atoms with Crippen LogP contribution in [0.4, 0.5) is 11.4 Å². The lowest BCUT2D eigenvalue weighted by Crippen LogP contribution is -2.15. The Morgan fingerprint density at radius 2 is 1.90 bits per heavy atom. The average molecular weight is 284 g/mol. The van der Waals surface area contributed by atoms with Crippen LogP contribution in [0.25, 0.3) is 0 Å². The molecule has 0 bridgehead atoms. The van der Waals surface area contributed by atoms with Gasteiger partial charge in [-0.2, -0.15) is 0 Å². The van der Waals surface area contributed by atoms with Crippen molar-refractivity contribution in [1.29, 1.82) is 0 Å². The Morgan fingerprint density at radius 3 is 2.48 bits per heavy atom. The molecule has 3 N–H and O–H groups in total. The number of anilines is 2. The highest BCUT2D eigenvalue weighted by molar-refractivity contribution is 5.92. The van der Waals surface area contributed by atoms with E-state index >= 15 is 0 Å². The standard InChI is InChI=1S/C16H20N4O/c1-20(2)11-12-3-6-14(7-4-12)19-16(21)9-15-8-5-13(17)10-18-15/h3-8,10H,9,11,17H2,1-2H3,(H,19,21). The molecule has 21 heavy (non-hydrogen) atoms. The molecule has 2 aromatic rings. The van der Waals surface area contributed by atoms with Gasteiger partial charge in [0, 0.05) is 17.9 Å². The van der Waals surface area contributed by atoms with Gasteiger partial charge in [0.25, 0.3) is 0 Å². The highest BCUT2D eigenvalue weighted by Gasteiger charge is 2.05. The first kappa shape index (κ1) is 15.0. The fourth-order valence-corrected chi connectivity index (χ4v) is 1.97. The molecule has 0 saturated heterocycles. The molecule has 0 unspecified atom stereocenters. The van der Waals surface area contributed by atoms with Crippen LogP contribution in [0.1, 0.15) is 11.3 Å². The van der Waals surface area contributed by atoms with Gasteiger partial charge in [-0.15, -0.1) is 0 Å². The van der Waals surface area contributed by atoms with Crippen LogP contribution in [-0.4, -0.2) is 29.9 Å². The molecule has 1 heterocycles. The summed E-state index contributed by atoms with van der Waals surface area (Å²) < 4.78 is 0. The van der Waals surface area contributed by atoms with Crippen LogP contribution in [0, 0.1) is 0 Å². The van der Waals surface area contributed by atoms with Crippen LogP contribution in [0.3, 0.4) is 0 Å². The normalized spacial score (nSPS) is 10.6. The van der Waals surface area contributed by atoms with Gasteiger partial charge in [0.2, 0.25) is 5.91 Å². The van der Waals surface area contributed by atoms with Gasteiger partial charge >= 0.3 is 0 Å². The van der Waals surface area contributed by atoms with E-state index in [0.29, 0.717) is 11.4 Å². The van der Waals surface area contributed by atoms with Crippen LogP contribution in [0.5, 0.6) is 0 Å². The average Bonchev–Trinajstić information content (AvgIpc) is 2.43. The maximum Gasteiger partial charge on any atom is 0.230 e. The molecule has 110 valence electrons. The van der Waals surface area contributed by atoms with Crippen molar-refractivity contribution >= 4 is 17.3 Å². The monoisotopic (exact) mass is 284 g/mol. The van der Waals surface area contributed by atoms with Gasteiger partial charge in [0.15, 0.2) is 0 Å². The topological polar surface area (TPSA) is 71.2 Å². The quantitative estimate of drug-likeness (QED) is 0.880. The lowest BCUT2D eigenvalue weighted by molar-refractivity contribution is -0.115. The summed E-state index contributed by atoms with van der Waals surface area (Å²) in [5.41, 5.74) is 8.85. The molecule has 0 saturated carbocycles. The largest absolute Gasteiger partial charge is 0.397 e. The van der Waals surface area contributed by atoms with Gasteiger partial charge in [-0.3, -0.25) is 9.78 Å². The molecule has 0 aliphatic heterocycles. The summed E-state index contributed by atoms with van der Waals surface area (Å²) in [6, 6.07) is 11.3. The predicted molar refractivity (Wildman–Crippen MR) is 84.8 cm³/mol. The molecule has 0 atom stereocenters. The first-order chi connectivity index (χ1) is 10.0. The third-order valence-corrected chi connectivity index (χ3v) is 2.93. The number of nitrogens with one attached hydrogen (secondary N) is 1. The van der Waals surface area contributed by atoms with E-state index in [1.807, 2.05) is 38.4 Å². The number of rotatable bonds is 5. The van der Waals surface area contributed by atoms with E-state index in [1.54, 1.807) is 18.3 Å². The molecule has 0 aliphatic carbocycles. The number of hydrogen-bond acceptors (Lipinski definition) is 4. The zero-order chi connectivity index (χ0) is 15.2. The van der Waals surface area contributed by atoms with Crippen LogP contribution >= 0.6 is 0 Å². The smallest absolute Gasteiger partial charge is 0.230 e. The lowest BCUT2D eigenvalue weighted by atomic mass is 10.2. The third kappa shape index (κ3) is 4.89. The number of aromatic nitrogens is 1. The number of amides is 1. The van der Waals surface area contributed by atoms with Crippen molar-refractivity contribution in [3.05, 3.63) is 53.9 Å². The van der Waals surface area contributed by atoms with E-state index in [1.165, 1.54) is 5.56 Å². The Hall–Kier alpha value is -2.40. The SMILES string of the molecule is CN(C)Cc1ccc(NC(=O)Cc2ccc(N)cn2)cc1. The first-order valence-corrected chi connectivity index (χ1v) is 6.77. The number of hydrogen-bond donors (Lipinski definition) is 2. The van der Waals surface area contributed by atoms with Crippen LogP contribution in [0.15, 0.2) is 42.6 Å². The van der Waals surface area contributed by atoms with E-state index < -0.39 is 0 Å². The van der Waals surface area contributed by atoms with Crippen LogP contribution in [-0.2, 0) is 17.8 Å². The predicted octanol–water partition coefficient (Wildman–Crippen LogP) is 1.91. The molecule has 0 spiro atoms. The van der Waals surface area contributed by atoms with Gasteiger partial charge in [-0.25, -0.2) is 0 Å². The van der Waals surface area contributed by atoms with E-state index in [0.717, 1.165) is 12.2 Å². The maximum absolute atomic E-state index is 11.9. The summed E-state index contributed by atoms with van der Waals surface area (Å²) in [7, 11) is 4.05. The van der Waals surface area contributed by atoms with Gasteiger partial charge in [0.1, 0.15) is 0 Å². The Morgan fingerprint density at radius 1 is 1.19 bits per heavy atom. The van der Waals surface area contributed by atoms with Crippen molar-refractivity contribution in [3.63, 3.8) is 0 Å². The second-order valence-corrected chi connectivity index (χ2v) is 5.24. The molecule has 1 aromatic heterocycles. The molecule has 5 heteroatoms. The highest BCUT2D eigenvalue weighted by Crippen LogP contribution is 2.11. The minimum atomic E-state index is -0.0902. The molecule has 0 fully saturated rings. The van der Waals surface area contributed by atoms with Gasteiger partial charge < -0.3 is 16.0 Å². The van der Waals surface area contributed by atoms with E-state index in [9.17, 15) is 4.79 Å². The molecule has 1 amide bonds. The van der Waals surface area contributed by atoms with Gasteiger partial charge in [-0.05, 0) is 43.9 Å². The molecule has 0 radical (unpaired) electrons. The summed E-state index contributed by atoms with van der Waals surface area (Å²) in [5.74, 6) is -0.0902. The minimum absolute atomic E-state index is 0.0902. The summed E-state index contributed by atoms with van der Waals surface area (Å²) in [4.78, 5) is 18.2. The van der Waals surface area contributed by atoms with E-state index in [2.05, 4.69) is 15.2 Å². The van der Waals surface area contributed by atoms with E-state index in [-0.39, 0.29) is 12.3 Å². The van der Waals surface area contributed by atoms with Crippen molar-refractivity contribution in [2.75, 3.05) is 25.1 Å². The maximum atomic E-state index is 11.9. The van der Waals surface area contributed by atoms with Crippen molar-refractivity contribution in [2.24, 2.45) is 0 Å². The minimum Gasteiger partial charge on any atom is -0.397 e. The van der Waals surface area contributed by atoms with Crippen molar-refractivity contribution in [1.82, 2.24) is 9.88 Å². The molecule has 2 rings (SSSR count). The molecular formula is C16H20N4O. The third-order valence-electron chi connectivity index (χ3n) is 2.93. The Kier molecular flexibility index (Phi) is 4.90. The zero-order valence-corrected chi connectivity index (χ0v) is 12.3. The van der Waals surface area contributed by atoms with Crippen molar-refractivity contribution in [2.45, 2.75) is 13.0 Å². The summed E-state index contributed by atoms with van der Waals surface area (Å²) in [6.07, 6.45) is 1.79. The van der Waals surface area contributed by atoms with Crippen molar-refractivity contribution in [3.8, 4) is 0 Å². The van der Waals surface area contributed by atoms with Crippen LogP contribution in [0.2, 0.25) is 0 Å². The highest BCUT2D eigenvalue weighted by atomic mass is 16.1. The van der Waals surface area contributed by atoms with Gasteiger partial charge in [0.05, 0.1) is 18.3 Å². The second-order valence-electron chi connectivity index (χ2n) is 5.24. The van der Waals surface area contributed by atoms with Crippen LogP contribution < -0.4 is 11.1 Å². The second kappa shape index (κ2) is 6.85. The van der Waals surface area contributed by atoms with Gasteiger partial charge in [-0.1, -0.05) is 12.1 Å². The molecule has 5 nitrogen and oxygen atoms in total. The number of carbonyl (C=O) groups is 1. The summed E-state index contributed by atoms with van der Waals surface area (Å²) >= 11 is 0. The fourth-order valence-electron chi connectivity index (χ4n) is 1.97. The number of nitrogen functional groups attached to an aromatic ring is 1. The number of carbonyl (C=O) groups excluding carboxylic acids is 1. The number of nitrogens with zero attached hydrogens (tertiary/aromatic N) is 2. The summed E-state index contributed by atoms with van der Waals surface area (Å²) in [5, 5.41) is 2.86. The number of nitrogens with two attached hydrogens (primary N) is 1. The Labute approximate surface area is 124 Å². The molecule has 0 aliphatic rings.